The van der Waals surface area contributed by atoms with Gasteiger partial charge in [-0.25, -0.2) is 4.98 Å². The highest BCUT2D eigenvalue weighted by atomic mass is 35.5. The van der Waals surface area contributed by atoms with Crippen LogP contribution in [0.3, 0.4) is 0 Å². The van der Waals surface area contributed by atoms with Crippen molar-refractivity contribution >= 4 is 40.2 Å². The van der Waals surface area contributed by atoms with Gasteiger partial charge in [0, 0.05) is 18.1 Å². The number of allylic oxidation sites excluding steroid dienone is 2. The van der Waals surface area contributed by atoms with E-state index < -0.39 is 0 Å². The third-order valence-electron chi connectivity index (χ3n) is 4.68. The van der Waals surface area contributed by atoms with Crippen LogP contribution in [0.25, 0.3) is 10.9 Å². The number of hydrogen-bond donors (Lipinski definition) is 1. The van der Waals surface area contributed by atoms with Crippen LogP contribution in [0.5, 0.6) is 0 Å². The van der Waals surface area contributed by atoms with E-state index in [2.05, 4.69) is 23.0 Å². The van der Waals surface area contributed by atoms with E-state index in [-0.39, 0.29) is 17.2 Å². The van der Waals surface area contributed by atoms with E-state index in [1.54, 1.807) is 24.3 Å². The van der Waals surface area contributed by atoms with E-state index in [4.69, 9.17) is 11.6 Å². The maximum absolute atomic E-state index is 12.8. The topological polar surface area (TPSA) is 64.0 Å². The molecule has 0 radical (unpaired) electrons. The van der Waals surface area contributed by atoms with E-state index in [0.717, 1.165) is 19.3 Å². The first-order valence-electron chi connectivity index (χ1n) is 9.47. The Morgan fingerprint density at radius 1 is 1.39 bits per heavy atom. The van der Waals surface area contributed by atoms with Gasteiger partial charge in [-0.2, -0.15) is 0 Å². The first-order chi connectivity index (χ1) is 13.6. The second kappa shape index (κ2) is 9.94. The van der Waals surface area contributed by atoms with Crippen LogP contribution in [-0.4, -0.2) is 27.8 Å². The minimum absolute atomic E-state index is 0.0630. The zero-order chi connectivity index (χ0) is 19.9. The van der Waals surface area contributed by atoms with Gasteiger partial charge in [0.15, 0.2) is 5.16 Å². The molecule has 0 atom stereocenters. The Hall–Kier alpha value is -2.05. The minimum Gasteiger partial charge on any atom is -0.355 e. The summed E-state index contributed by atoms with van der Waals surface area (Å²) in [5.74, 6) is 0.140. The molecule has 1 N–H and O–H groups in total. The van der Waals surface area contributed by atoms with Crippen LogP contribution >= 0.6 is 23.4 Å². The number of halogens is 1. The zero-order valence-electron chi connectivity index (χ0n) is 15.7. The standard InChI is InChI=1S/C21H24ClN3O2S/c1-2-12-25-20(27)17-9-8-16(22)13-18(17)24-21(25)28-14-19(26)23-11-10-15-6-4-3-5-7-15/h2,6,8-9,13H,1,3-5,7,10-12,14H2,(H,23,26). The largest absolute Gasteiger partial charge is 0.355 e. The molecule has 28 heavy (non-hydrogen) atoms. The lowest BCUT2D eigenvalue weighted by Crippen LogP contribution is -2.28. The highest BCUT2D eigenvalue weighted by molar-refractivity contribution is 7.99. The Morgan fingerprint density at radius 3 is 3.00 bits per heavy atom. The molecule has 0 aliphatic heterocycles. The number of thioether (sulfide) groups is 1. The number of fused-ring (bicyclic) bond motifs is 1. The summed E-state index contributed by atoms with van der Waals surface area (Å²) < 4.78 is 1.54. The van der Waals surface area contributed by atoms with E-state index in [1.807, 2.05) is 0 Å². The number of nitrogens with one attached hydrogen (secondary N) is 1. The van der Waals surface area contributed by atoms with E-state index >= 15 is 0 Å². The van der Waals surface area contributed by atoms with Crippen molar-refractivity contribution in [2.24, 2.45) is 0 Å². The molecule has 7 heteroatoms. The normalized spacial score (nSPS) is 14.0. The fraction of sp³-hybridized carbons (Fsp3) is 0.381. The van der Waals surface area contributed by atoms with Crippen molar-refractivity contribution in [3.63, 3.8) is 0 Å². The van der Waals surface area contributed by atoms with Crippen molar-refractivity contribution in [2.75, 3.05) is 12.3 Å². The molecule has 5 nitrogen and oxygen atoms in total. The van der Waals surface area contributed by atoms with Gasteiger partial charge in [-0.3, -0.25) is 14.2 Å². The monoisotopic (exact) mass is 417 g/mol. The summed E-state index contributed by atoms with van der Waals surface area (Å²) in [4.78, 5) is 29.5. The van der Waals surface area contributed by atoms with Gasteiger partial charge < -0.3 is 5.32 Å². The molecule has 2 aromatic rings. The van der Waals surface area contributed by atoms with Gasteiger partial charge in [-0.05, 0) is 50.3 Å². The summed E-state index contributed by atoms with van der Waals surface area (Å²) in [6, 6.07) is 5.01. The first kappa shape index (κ1) is 20.7. The summed E-state index contributed by atoms with van der Waals surface area (Å²) in [7, 11) is 0. The molecular formula is C21H24ClN3O2S. The van der Waals surface area contributed by atoms with Crippen LogP contribution < -0.4 is 10.9 Å². The smallest absolute Gasteiger partial charge is 0.262 e. The van der Waals surface area contributed by atoms with Crippen molar-refractivity contribution in [2.45, 2.75) is 43.8 Å². The number of benzene rings is 1. The van der Waals surface area contributed by atoms with Crippen LogP contribution in [0.1, 0.15) is 32.1 Å². The molecule has 0 unspecified atom stereocenters. The number of rotatable bonds is 8. The van der Waals surface area contributed by atoms with Crippen molar-refractivity contribution in [3.8, 4) is 0 Å². The molecule has 3 rings (SSSR count). The summed E-state index contributed by atoms with van der Waals surface area (Å²) >= 11 is 7.28. The van der Waals surface area contributed by atoms with E-state index in [1.165, 1.54) is 34.7 Å². The van der Waals surface area contributed by atoms with E-state index in [0.29, 0.717) is 34.2 Å². The van der Waals surface area contributed by atoms with Crippen LogP contribution in [0.4, 0.5) is 0 Å². The number of hydrogen-bond acceptors (Lipinski definition) is 4. The number of nitrogens with zero attached hydrogens (tertiary/aromatic N) is 2. The fourth-order valence-corrected chi connectivity index (χ4v) is 4.25. The molecular weight excluding hydrogens is 394 g/mol. The molecule has 148 valence electrons. The van der Waals surface area contributed by atoms with Gasteiger partial charge in [0.05, 0.1) is 16.7 Å². The first-order valence-corrected chi connectivity index (χ1v) is 10.8. The molecule has 0 saturated heterocycles. The Kier molecular flexibility index (Phi) is 7.34. The summed E-state index contributed by atoms with van der Waals surface area (Å²) in [6.07, 6.45) is 9.65. The van der Waals surface area contributed by atoms with Gasteiger partial charge in [-0.1, -0.05) is 41.1 Å². The lowest BCUT2D eigenvalue weighted by atomic mass is 9.97. The molecule has 0 spiro atoms. The predicted octanol–water partition coefficient (Wildman–Crippen LogP) is 4.33. The van der Waals surface area contributed by atoms with Crippen molar-refractivity contribution in [1.82, 2.24) is 14.9 Å². The maximum atomic E-state index is 12.8. The highest BCUT2D eigenvalue weighted by Crippen LogP contribution is 2.21. The van der Waals surface area contributed by atoms with E-state index in [9.17, 15) is 9.59 Å². The summed E-state index contributed by atoms with van der Waals surface area (Å²) in [5, 5.41) is 4.47. The third kappa shape index (κ3) is 5.26. The third-order valence-corrected chi connectivity index (χ3v) is 5.89. The average molecular weight is 418 g/mol. The van der Waals surface area contributed by atoms with Crippen molar-refractivity contribution in [3.05, 3.63) is 57.9 Å². The second-order valence-electron chi connectivity index (χ2n) is 6.76. The summed E-state index contributed by atoms with van der Waals surface area (Å²) in [6.45, 7) is 4.69. The molecule has 0 bridgehead atoms. The Morgan fingerprint density at radius 2 is 2.25 bits per heavy atom. The molecule has 0 saturated carbocycles. The second-order valence-corrected chi connectivity index (χ2v) is 8.14. The molecule has 1 amide bonds. The minimum atomic E-state index is -0.159. The molecule has 1 aliphatic rings. The lowest BCUT2D eigenvalue weighted by Gasteiger charge is -2.13. The quantitative estimate of drug-likeness (QED) is 0.394. The van der Waals surface area contributed by atoms with Gasteiger partial charge in [0.1, 0.15) is 0 Å². The molecule has 1 aromatic carbocycles. The number of amides is 1. The van der Waals surface area contributed by atoms with Crippen LogP contribution in [0, 0.1) is 0 Å². The summed E-state index contributed by atoms with van der Waals surface area (Å²) in [5.41, 5.74) is 1.81. The van der Waals surface area contributed by atoms with Crippen molar-refractivity contribution in [1.29, 1.82) is 0 Å². The van der Waals surface area contributed by atoms with Crippen LogP contribution in [-0.2, 0) is 11.3 Å². The Balaban J connectivity index is 1.66. The lowest BCUT2D eigenvalue weighted by molar-refractivity contribution is -0.118. The molecule has 1 aliphatic carbocycles. The van der Waals surface area contributed by atoms with Crippen LogP contribution in [0.2, 0.25) is 5.02 Å². The van der Waals surface area contributed by atoms with Crippen molar-refractivity contribution < 1.29 is 4.79 Å². The molecule has 1 heterocycles. The number of carbonyl (C=O) groups excluding carboxylic acids is 1. The highest BCUT2D eigenvalue weighted by Gasteiger charge is 2.13. The van der Waals surface area contributed by atoms with Gasteiger partial charge >= 0.3 is 0 Å². The Bertz CT molecular complexity index is 968. The molecule has 1 aromatic heterocycles. The molecule has 0 fully saturated rings. The SMILES string of the molecule is C=CCn1c(SCC(=O)NCCC2=CCCCC2)nc2cc(Cl)ccc2c1=O. The Labute approximate surface area is 173 Å². The zero-order valence-corrected chi connectivity index (χ0v) is 17.3. The number of carbonyl (C=O) groups is 1. The van der Waals surface area contributed by atoms with Gasteiger partial charge in [0.2, 0.25) is 5.91 Å². The predicted molar refractivity (Wildman–Crippen MR) is 116 cm³/mol. The fourth-order valence-electron chi connectivity index (χ4n) is 3.25. The van der Waals surface area contributed by atoms with Crippen LogP contribution in [0.15, 0.2) is 52.5 Å². The van der Waals surface area contributed by atoms with Gasteiger partial charge in [-0.15, -0.1) is 6.58 Å². The van der Waals surface area contributed by atoms with Gasteiger partial charge in [0.25, 0.3) is 5.56 Å². The average Bonchev–Trinajstić information content (AvgIpc) is 2.69. The maximum Gasteiger partial charge on any atom is 0.262 e. The number of aromatic nitrogens is 2.